The quantitative estimate of drug-likeness (QED) is 0.205. The highest BCUT2D eigenvalue weighted by Crippen LogP contribution is 2.31. The number of nitrogens with zero attached hydrogens (tertiary/aromatic N) is 3. The zero-order valence-corrected chi connectivity index (χ0v) is 19.9. The summed E-state index contributed by atoms with van der Waals surface area (Å²) in [5.41, 5.74) is 3.43. The number of rotatable bonds is 6. The summed E-state index contributed by atoms with van der Waals surface area (Å²) in [6.07, 6.45) is 1.72. The van der Waals surface area contributed by atoms with E-state index in [4.69, 9.17) is 4.98 Å². The lowest BCUT2D eigenvalue weighted by Gasteiger charge is -2.13. The molecule has 0 aliphatic carbocycles. The van der Waals surface area contributed by atoms with Gasteiger partial charge in [0.05, 0.1) is 12.1 Å². The Morgan fingerprint density at radius 3 is 2.61 bits per heavy atom. The lowest BCUT2D eigenvalue weighted by molar-refractivity contribution is 0.616. The third kappa shape index (κ3) is 4.30. The molecule has 3 heterocycles. The molecule has 0 saturated carbocycles. The van der Waals surface area contributed by atoms with Crippen LogP contribution in [0, 0.1) is 5.82 Å². The van der Waals surface area contributed by atoms with E-state index in [9.17, 15) is 9.18 Å². The Labute approximate surface area is 199 Å². The van der Waals surface area contributed by atoms with Gasteiger partial charge < -0.3 is 0 Å². The molecule has 4 nitrogen and oxygen atoms in total. The summed E-state index contributed by atoms with van der Waals surface area (Å²) in [7, 11) is 0. The number of hydrogen-bond donors (Lipinski definition) is 0. The van der Waals surface area contributed by atoms with Crippen molar-refractivity contribution in [2.24, 2.45) is 0 Å². The first-order valence-corrected chi connectivity index (χ1v) is 12.5. The van der Waals surface area contributed by atoms with Crippen LogP contribution in [0.5, 0.6) is 0 Å². The van der Waals surface area contributed by atoms with Crippen LogP contribution in [-0.2, 0) is 12.3 Å². The molecule has 0 aliphatic heterocycles. The number of benzene rings is 2. The fourth-order valence-electron chi connectivity index (χ4n) is 3.74. The van der Waals surface area contributed by atoms with Crippen molar-refractivity contribution in [1.29, 1.82) is 0 Å². The maximum atomic E-state index is 14.2. The highest BCUT2D eigenvalue weighted by atomic mass is 32.2. The van der Waals surface area contributed by atoms with Crippen LogP contribution in [-0.4, -0.2) is 14.5 Å². The Morgan fingerprint density at radius 2 is 1.85 bits per heavy atom. The number of aromatic nitrogens is 3. The van der Waals surface area contributed by atoms with Crippen LogP contribution >= 0.6 is 23.1 Å². The van der Waals surface area contributed by atoms with Gasteiger partial charge in [-0.25, -0.2) is 14.4 Å². The van der Waals surface area contributed by atoms with Crippen molar-refractivity contribution in [3.63, 3.8) is 0 Å². The van der Waals surface area contributed by atoms with Crippen molar-refractivity contribution in [2.75, 3.05) is 0 Å². The molecule has 0 N–H and O–H groups in total. The number of hydrogen-bond acceptors (Lipinski definition) is 5. The predicted octanol–water partition coefficient (Wildman–Crippen LogP) is 6.61. The van der Waals surface area contributed by atoms with Gasteiger partial charge in [0, 0.05) is 17.3 Å². The summed E-state index contributed by atoms with van der Waals surface area (Å²) >= 11 is 2.75. The van der Waals surface area contributed by atoms with E-state index in [0.29, 0.717) is 39.2 Å². The molecule has 0 aliphatic rings. The van der Waals surface area contributed by atoms with Crippen molar-refractivity contribution in [2.45, 2.75) is 37.2 Å². The third-order valence-corrected chi connectivity index (χ3v) is 7.74. The van der Waals surface area contributed by atoms with Crippen molar-refractivity contribution in [1.82, 2.24) is 14.5 Å². The molecule has 3 aromatic heterocycles. The first kappa shape index (κ1) is 21.8. The lowest BCUT2D eigenvalue weighted by atomic mass is 10.0. The largest absolute Gasteiger partial charge is 0.282 e. The normalized spacial score (nSPS) is 11.6. The van der Waals surface area contributed by atoms with Crippen molar-refractivity contribution in [3.05, 3.63) is 99.7 Å². The van der Waals surface area contributed by atoms with Gasteiger partial charge in [0.15, 0.2) is 5.16 Å². The molecule has 2 aromatic carbocycles. The van der Waals surface area contributed by atoms with Gasteiger partial charge >= 0.3 is 0 Å². The zero-order valence-electron chi connectivity index (χ0n) is 18.3. The fraction of sp³-hybridized carbons (Fsp3) is 0.192. The van der Waals surface area contributed by atoms with Gasteiger partial charge in [-0.1, -0.05) is 68.1 Å². The van der Waals surface area contributed by atoms with E-state index in [-0.39, 0.29) is 11.4 Å². The predicted molar refractivity (Wildman–Crippen MR) is 135 cm³/mol. The monoisotopic (exact) mass is 475 g/mol. The van der Waals surface area contributed by atoms with Crippen LogP contribution in [0.25, 0.3) is 20.4 Å². The smallest absolute Gasteiger partial charge is 0.272 e. The highest BCUT2D eigenvalue weighted by molar-refractivity contribution is 7.98. The maximum Gasteiger partial charge on any atom is 0.272 e. The first-order valence-electron chi connectivity index (χ1n) is 10.7. The van der Waals surface area contributed by atoms with Gasteiger partial charge in [0.1, 0.15) is 15.3 Å². The van der Waals surface area contributed by atoms with E-state index in [2.05, 4.69) is 43.1 Å². The third-order valence-electron chi connectivity index (χ3n) is 5.62. The Balaban J connectivity index is 1.60. The summed E-state index contributed by atoms with van der Waals surface area (Å²) in [5, 5.41) is 1.45. The van der Waals surface area contributed by atoms with E-state index < -0.39 is 0 Å². The van der Waals surface area contributed by atoms with Gasteiger partial charge in [0.25, 0.3) is 5.56 Å². The molecule has 166 valence electrons. The van der Waals surface area contributed by atoms with Crippen LogP contribution in [0.3, 0.4) is 0 Å². The Hall–Kier alpha value is -3.03. The molecular formula is C26H22FN3OS2. The molecular weight excluding hydrogens is 453 g/mol. The summed E-state index contributed by atoms with van der Waals surface area (Å²) in [6.45, 7) is 4.72. The average molecular weight is 476 g/mol. The molecule has 5 rings (SSSR count). The molecule has 33 heavy (non-hydrogen) atoms. The molecule has 0 radical (unpaired) electrons. The summed E-state index contributed by atoms with van der Waals surface area (Å²) in [6, 6.07) is 18.8. The molecule has 0 atom stereocenters. The molecule has 5 aromatic rings. The molecule has 0 spiro atoms. The first-order chi connectivity index (χ1) is 16.0. The van der Waals surface area contributed by atoms with E-state index in [0.717, 1.165) is 15.8 Å². The van der Waals surface area contributed by atoms with Crippen LogP contribution in [0.15, 0.2) is 76.8 Å². The SMILES string of the molecule is CC(C)c1ccc(Cn2c(SCc3ccccc3F)nc3c(sc4ncccc43)c2=O)cc1. The number of thioether (sulfide) groups is 1. The van der Waals surface area contributed by atoms with Gasteiger partial charge in [0.2, 0.25) is 0 Å². The zero-order chi connectivity index (χ0) is 22.9. The fourth-order valence-corrected chi connectivity index (χ4v) is 5.75. The second kappa shape index (κ2) is 9.08. The Bertz CT molecular complexity index is 1510. The minimum atomic E-state index is -0.255. The lowest BCUT2D eigenvalue weighted by Crippen LogP contribution is -2.23. The van der Waals surface area contributed by atoms with E-state index in [1.54, 1.807) is 22.9 Å². The number of halogens is 1. The summed E-state index contributed by atoms with van der Waals surface area (Å²) < 4.78 is 16.5. The van der Waals surface area contributed by atoms with Gasteiger partial charge in [-0.2, -0.15) is 0 Å². The summed E-state index contributed by atoms with van der Waals surface area (Å²) in [5.74, 6) is 0.573. The summed E-state index contributed by atoms with van der Waals surface area (Å²) in [4.78, 5) is 23.7. The maximum absolute atomic E-state index is 14.2. The van der Waals surface area contributed by atoms with Gasteiger partial charge in [-0.15, -0.1) is 11.3 Å². The molecule has 0 saturated heterocycles. The van der Waals surface area contributed by atoms with Crippen LogP contribution < -0.4 is 5.56 Å². The second-order valence-corrected chi connectivity index (χ2v) is 10.1. The number of pyridine rings is 1. The van der Waals surface area contributed by atoms with Crippen LogP contribution in [0.4, 0.5) is 4.39 Å². The van der Waals surface area contributed by atoms with Gasteiger partial charge in [-0.3, -0.25) is 9.36 Å². The van der Waals surface area contributed by atoms with Crippen molar-refractivity contribution < 1.29 is 4.39 Å². The molecule has 7 heteroatoms. The standard InChI is InChI=1S/C26H22FN3OS2/c1-16(2)18-11-9-17(10-12-18)14-30-25(31)23-22(20-7-5-13-28-24(20)33-23)29-26(30)32-15-19-6-3-4-8-21(19)27/h3-13,16H,14-15H2,1-2H3. The van der Waals surface area contributed by atoms with Crippen LogP contribution in [0.1, 0.15) is 36.5 Å². The minimum absolute atomic E-state index is 0.0908. The van der Waals surface area contributed by atoms with E-state index >= 15 is 0 Å². The average Bonchev–Trinajstić information content (AvgIpc) is 3.20. The van der Waals surface area contributed by atoms with Crippen molar-refractivity contribution >= 4 is 43.5 Å². The highest BCUT2D eigenvalue weighted by Gasteiger charge is 2.18. The van der Waals surface area contributed by atoms with Gasteiger partial charge in [-0.05, 0) is 40.8 Å². The second-order valence-electron chi connectivity index (χ2n) is 8.20. The Kier molecular flexibility index (Phi) is 6.00. The number of fused-ring (bicyclic) bond motifs is 3. The number of thiophene rings is 1. The molecule has 0 fully saturated rings. The van der Waals surface area contributed by atoms with Crippen molar-refractivity contribution in [3.8, 4) is 0 Å². The molecule has 0 bridgehead atoms. The molecule has 0 unspecified atom stereocenters. The Morgan fingerprint density at radius 1 is 1.06 bits per heavy atom. The van der Waals surface area contributed by atoms with E-state index in [1.807, 2.05) is 18.2 Å². The molecule has 0 amide bonds. The minimum Gasteiger partial charge on any atom is -0.282 e. The van der Waals surface area contributed by atoms with Crippen LogP contribution in [0.2, 0.25) is 0 Å². The topological polar surface area (TPSA) is 47.8 Å². The van der Waals surface area contributed by atoms with E-state index in [1.165, 1.54) is 34.7 Å².